The van der Waals surface area contributed by atoms with Crippen LogP contribution in [0, 0.1) is 26.6 Å². The summed E-state index contributed by atoms with van der Waals surface area (Å²) >= 11 is 3.12. The van der Waals surface area contributed by atoms with Crippen molar-refractivity contribution in [3.05, 3.63) is 69.6 Å². The minimum atomic E-state index is -0.427. The first-order chi connectivity index (χ1) is 15.9. The molecule has 0 radical (unpaired) electrons. The van der Waals surface area contributed by atoms with E-state index in [0.29, 0.717) is 12.2 Å². The van der Waals surface area contributed by atoms with Gasteiger partial charge in [-0.1, -0.05) is 26.0 Å². The number of nitrogens with one attached hydrogen (secondary N) is 1. The first kappa shape index (κ1) is 24.5. The molecule has 0 bridgehead atoms. The normalized spacial score (nSPS) is 10.4. The Kier molecular flexibility index (Phi) is 8.24. The van der Waals surface area contributed by atoms with Crippen LogP contribution in [-0.2, 0) is 11.3 Å². The fourth-order valence-corrected chi connectivity index (χ4v) is 4.79. The van der Waals surface area contributed by atoms with Gasteiger partial charge < -0.3 is 10.2 Å². The zero-order valence-electron chi connectivity index (χ0n) is 19.2. The number of hydrogen-bond acceptors (Lipinski definition) is 7. The van der Waals surface area contributed by atoms with Crippen molar-refractivity contribution in [2.24, 2.45) is 0 Å². The molecule has 4 rings (SSSR count). The molecule has 33 heavy (non-hydrogen) atoms. The molecule has 0 aliphatic rings. The van der Waals surface area contributed by atoms with E-state index in [2.05, 4.69) is 20.3 Å². The summed E-state index contributed by atoms with van der Waals surface area (Å²) in [5.41, 5.74) is 3.70. The maximum absolute atomic E-state index is 14.2. The summed E-state index contributed by atoms with van der Waals surface area (Å²) in [5, 5.41) is 6.94. The third kappa shape index (κ3) is 6.00. The Hall–Kier alpha value is -3.17. The van der Waals surface area contributed by atoms with Crippen LogP contribution in [0.25, 0.3) is 10.6 Å². The lowest BCUT2D eigenvalue weighted by molar-refractivity contribution is -0.107. The fourth-order valence-electron chi connectivity index (χ4n) is 3.13. The van der Waals surface area contributed by atoms with Gasteiger partial charge in [-0.25, -0.2) is 19.3 Å². The van der Waals surface area contributed by atoms with E-state index in [1.807, 2.05) is 45.2 Å². The molecule has 4 aromatic rings. The van der Waals surface area contributed by atoms with Gasteiger partial charge in [0, 0.05) is 11.6 Å². The van der Waals surface area contributed by atoms with E-state index in [1.54, 1.807) is 36.6 Å². The van der Waals surface area contributed by atoms with Crippen molar-refractivity contribution in [1.82, 2.24) is 15.0 Å². The maximum Gasteiger partial charge on any atom is 0.214 e. The highest BCUT2D eigenvalue weighted by Gasteiger charge is 2.13. The van der Waals surface area contributed by atoms with Gasteiger partial charge in [0.1, 0.15) is 11.6 Å². The summed E-state index contributed by atoms with van der Waals surface area (Å²) in [7, 11) is 0. The van der Waals surface area contributed by atoms with E-state index < -0.39 is 5.82 Å². The van der Waals surface area contributed by atoms with Gasteiger partial charge in [0.05, 0.1) is 33.5 Å². The molecule has 0 aliphatic heterocycles. The lowest BCUT2D eigenvalue weighted by Gasteiger charge is -2.18. The van der Waals surface area contributed by atoms with Gasteiger partial charge in [-0.3, -0.25) is 4.79 Å². The van der Waals surface area contributed by atoms with Crippen molar-refractivity contribution in [2.75, 3.05) is 10.2 Å². The van der Waals surface area contributed by atoms with E-state index in [4.69, 9.17) is 0 Å². The second kappa shape index (κ2) is 11.1. The molecule has 1 N–H and O–H groups in total. The third-order valence-electron chi connectivity index (χ3n) is 4.59. The molecule has 3 heterocycles. The Morgan fingerprint density at radius 2 is 1.91 bits per heavy atom. The molecule has 1 amide bonds. The smallest absolute Gasteiger partial charge is 0.214 e. The van der Waals surface area contributed by atoms with Gasteiger partial charge in [-0.15, -0.1) is 22.7 Å². The second-order valence-corrected chi connectivity index (χ2v) is 9.11. The van der Waals surface area contributed by atoms with Crippen molar-refractivity contribution < 1.29 is 9.18 Å². The minimum absolute atomic E-state index is 0.224. The molecule has 1 aromatic carbocycles. The highest BCUT2D eigenvalue weighted by atomic mass is 32.1. The Bertz CT molecular complexity index is 1220. The predicted octanol–water partition coefficient (Wildman–Crippen LogP) is 6.66. The van der Waals surface area contributed by atoms with E-state index >= 15 is 0 Å². The van der Waals surface area contributed by atoms with Gasteiger partial charge in [0.2, 0.25) is 6.41 Å². The molecule has 0 spiro atoms. The number of amides is 1. The number of benzene rings is 1. The minimum Gasteiger partial charge on any atom is -0.316 e. The predicted molar refractivity (Wildman–Crippen MR) is 135 cm³/mol. The van der Waals surface area contributed by atoms with Crippen LogP contribution >= 0.6 is 22.7 Å². The van der Waals surface area contributed by atoms with Crippen LogP contribution in [0.1, 0.15) is 35.7 Å². The van der Waals surface area contributed by atoms with Crippen LogP contribution in [0.2, 0.25) is 0 Å². The molecule has 0 fully saturated rings. The third-order valence-corrected chi connectivity index (χ3v) is 6.45. The van der Waals surface area contributed by atoms with E-state index in [9.17, 15) is 9.18 Å². The van der Waals surface area contributed by atoms with Crippen LogP contribution in [-0.4, -0.2) is 21.4 Å². The number of thiazole rings is 2. The Labute approximate surface area is 201 Å². The number of aromatic nitrogens is 3. The zero-order valence-corrected chi connectivity index (χ0v) is 20.9. The maximum atomic E-state index is 14.2. The molecule has 0 aliphatic carbocycles. The van der Waals surface area contributed by atoms with Crippen LogP contribution in [0.15, 0.2) is 41.9 Å². The quantitative estimate of drug-likeness (QED) is 0.298. The van der Waals surface area contributed by atoms with Gasteiger partial charge in [-0.05, 0) is 50.1 Å². The highest BCUT2D eigenvalue weighted by Crippen LogP contribution is 2.32. The Morgan fingerprint density at radius 3 is 2.52 bits per heavy atom. The molecule has 0 saturated heterocycles. The van der Waals surface area contributed by atoms with Crippen molar-refractivity contribution in [3.8, 4) is 10.6 Å². The van der Waals surface area contributed by atoms with E-state index in [1.165, 1.54) is 22.3 Å². The Balaban J connectivity index is 0.00000149. The molecular weight excluding hydrogens is 457 g/mol. The number of halogens is 1. The monoisotopic (exact) mass is 483 g/mol. The zero-order chi connectivity index (χ0) is 24.0. The van der Waals surface area contributed by atoms with Crippen LogP contribution in [0.5, 0.6) is 0 Å². The van der Waals surface area contributed by atoms with Gasteiger partial charge in [0.25, 0.3) is 0 Å². The summed E-state index contributed by atoms with van der Waals surface area (Å²) in [6.07, 6.45) is 2.29. The largest absolute Gasteiger partial charge is 0.316 e. The lowest BCUT2D eigenvalue weighted by Crippen LogP contribution is -2.21. The van der Waals surface area contributed by atoms with Crippen LogP contribution < -0.4 is 10.2 Å². The number of carbonyl (C=O) groups is 1. The van der Waals surface area contributed by atoms with E-state index in [-0.39, 0.29) is 12.2 Å². The lowest BCUT2D eigenvalue weighted by atomic mass is 10.2. The average Bonchev–Trinajstić information content (AvgIpc) is 3.40. The molecule has 0 saturated carbocycles. The fraction of sp³-hybridized carbons (Fsp3) is 0.250. The molecular formula is C24H26FN5OS2. The number of hydrogen-bond donors (Lipinski definition) is 1. The van der Waals surface area contributed by atoms with Crippen LogP contribution in [0.3, 0.4) is 0 Å². The summed E-state index contributed by atoms with van der Waals surface area (Å²) < 4.78 is 14.2. The summed E-state index contributed by atoms with van der Waals surface area (Å²) in [4.78, 5) is 27.4. The van der Waals surface area contributed by atoms with Crippen LogP contribution in [0.4, 0.5) is 21.0 Å². The first-order valence-corrected chi connectivity index (χ1v) is 12.2. The average molecular weight is 484 g/mol. The van der Waals surface area contributed by atoms with Gasteiger partial charge in [0.15, 0.2) is 5.13 Å². The SMILES string of the molecule is CC.Cc1ccc(N(C=O)Cc2ccc(Nc3nc(-c4sc(C)nc4C)cs3)nc2)c(F)c1. The molecule has 3 aromatic heterocycles. The molecule has 0 atom stereocenters. The van der Waals surface area contributed by atoms with Gasteiger partial charge in [-0.2, -0.15) is 0 Å². The number of aryl methyl sites for hydroxylation is 3. The molecule has 172 valence electrons. The first-order valence-electron chi connectivity index (χ1n) is 10.5. The van der Waals surface area contributed by atoms with E-state index in [0.717, 1.165) is 37.5 Å². The van der Waals surface area contributed by atoms with Crippen molar-refractivity contribution >= 4 is 45.7 Å². The standard InChI is InChI=1S/C22H20FN5OS2.C2H6/c1-13-4-6-19(17(23)8-13)28(12-29)10-16-5-7-20(24-9-16)27-22-26-18(11-30-22)21-14(2)25-15(3)31-21;1-2/h4-9,11-12H,10H2,1-3H3,(H,24,26,27);1-2H3. The van der Waals surface area contributed by atoms with Gasteiger partial charge >= 0.3 is 0 Å². The highest BCUT2D eigenvalue weighted by molar-refractivity contribution is 7.16. The molecule has 9 heteroatoms. The van der Waals surface area contributed by atoms with Crippen molar-refractivity contribution in [3.63, 3.8) is 0 Å². The number of anilines is 3. The molecule has 6 nitrogen and oxygen atoms in total. The van der Waals surface area contributed by atoms with Crippen molar-refractivity contribution in [2.45, 2.75) is 41.2 Å². The number of nitrogens with zero attached hydrogens (tertiary/aromatic N) is 4. The number of pyridine rings is 1. The Morgan fingerprint density at radius 1 is 1.12 bits per heavy atom. The number of rotatable bonds is 7. The molecule has 0 unspecified atom stereocenters. The van der Waals surface area contributed by atoms with Crippen molar-refractivity contribution in [1.29, 1.82) is 0 Å². The summed E-state index contributed by atoms with van der Waals surface area (Å²) in [5.74, 6) is 0.213. The topological polar surface area (TPSA) is 71.0 Å². The second-order valence-electron chi connectivity index (χ2n) is 7.05. The summed E-state index contributed by atoms with van der Waals surface area (Å²) in [6, 6.07) is 8.46. The number of carbonyl (C=O) groups excluding carboxylic acids is 1. The summed E-state index contributed by atoms with van der Waals surface area (Å²) in [6.45, 7) is 9.99.